The van der Waals surface area contributed by atoms with Crippen LogP contribution in [-0.4, -0.2) is 29.1 Å². The highest BCUT2D eigenvalue weighted by Gasteiger charge is 2.11. The molecule has 0 amide bonds. The van der Waals surface area contributed by atoms with Crippen molar-refractivity contribution in [1.82, 2.24) is 4.90 Å². The van der Waals surface area contributed by atoms with Gasteiger partial charge in [-0.2, -0.15) is 0 Å². The Morgan fingerprint density at radius 3 is 2.88 bits per heavy atom. The van der Waals surface area contributed by atoms with E-state index in [1.165, 1.54) is 5.56 Å². The van der Waals surface area contributed by atoms with E-state index in [0.717, 1.165) is 10.3 Å². The summed E-state index contributed by atoms with van der Waals surface area (Å²) in [6.45, 7) is 2.92. The Bertz CT molecular complexity index is 354. The van der Waals surface area contributed by atoms with Crippen molar-refractivity contribution in [2.24, 2.45) is 0 Å². The molecule has 0 saturated heterocycles. The van der Waals surface area contributed by atoms with Crippen molar-refractivity contribution < 1.29 is 9.90 Å². The van der Waals surface area contributed by atoms with Crippen LogP contribution in [0.25, 0.3) is 0 Å². The minimum Gasteiger partial charge on any atom is -0.481 e. The van der Waals surface area contributed by atoms with Gasteiger partial charge in [-0.05, 0) is 53.3 Å². The van der Waals surface area contributed by atoms with Crippen LogP contribution in [0.15, 0.2) is 15.2 Å². The molecule has 0 radical (unpaired) electrons. The largest absolute Gasteiger partial charge is 0.481 e. The van der Waals surface area contributed by atoms with Crippen LogP contribution in [0.5, 0.6) is 0 Å². The fraction of sp³-hybridized carbons (Fsp3) is 0.545. The Morgan fingerprint density at radius 2 is 2.38 bits per heavy atom. The van der Waals surface area contributed by atoms with Crippen molar-refractivity contribution in [3.8, 4) is 0 Å². The highest BCUT2D eigenvalue weighted by atomic mass is 79.9. The quantitative estimate of drug-likeness (QED) is 0.877. The van der Waals surface area contributed by atoms with Gasteiger partial charge in [0.2, 0.25) is 0 Å². The molecule has 16 heavy (non-hydrogen) atoms. The van der Waals surface area contributed by atoms with Crippen LogP contribution in [-0.2, 0) is 11.3 Å². The summed E-state index contributed by atoms with van der Waals surface area (Å²) in [5.74, 6) is -0.724. The summed E-state index contributed by atoms with van der Waals surface area (Å²) >= 11 is 5.10. The van der Waals surface area contributed by atoms with E-state index in [9.17, 15) is 4.79 Å². The van der Waals surface area contributed by atoms with Gasteiger partial charge in [0.25, 0.3) is 0 Å². The maximum atomic E-state index is 10.5. The number of nitrogens with zero attached hydrogens (tertiary/aromatic N) is 1. The van der Waals surface area contributed by atoms with Crippen LogP contribution >= 0.6 is 27.3 Å². The molecule has 5 heteroatoms. The Morgan fingerprint density at radius 1 is 1.69 bits per heavy atom. The van der Waals surface area contributed by atoms with Crippen LogP contribution < -0.4 is 0 Å². The number of rotatable bonds is 6. The van der Waals surface area contributed by atoms with E-state index in [2.05, 4.69) is 39.2 Å². The minimum atomic E-state index is -0.724. The van der Waals surface area contributed by atoms with Crippen LogP contribution in [0.4, 0.5) is 0 Å². The predicted molar refractivity (Wildman–Crippen MR) is 69.8 cm³/mol. The second-order valence-corrected chi connectivity index (χ2v) is 6.25. The molecule has 1 rings (SSSR count). The summed E-state index contributed by atoms with van der Waals surface area (Å²) < 4.78 is 1.13. The van der Waals surface area contributed by atoms with Gasteiger partial charge in [0.05, 0.1) is 3.79 Å². The molecular formula is C11H16BrNO2S. The zero-order chi connectivity index (χ0) is 12.1. The van der Waals surface area contributed by atoms with E-state index < -0.39 is 5.97 Å². The van der Waals surface area contributed by atoms with Crippen molar-refractivity contribution in [1.29, 1.82) is 0 Å². The van der Waals surface area contributed by atoms with Crippen molar-refractivity contribution in [3.63, 3.8) is 0 Å². The van der Waals surface area contributed by atoms with Crippen LogP contribution in [0, 0.1) is 0 Å². The molecule has 1 atom stereocenters. The van der Waals surface area contributed by atoms with Crippen molar-refractivity contribution in [3.05, 3.63) is 20.8 Å². The zero-order valence-corrected chi connectivity index (χ0v) is 11.8. The number of hydrogen-bond donors (Lipinski definition) is 1. The maximum absolute atomic E-state index is 10.5. The highest BCUT2D eigenvalue weighted by molar-refractivity contribution is 9.11. The third-order valence-corrected chi connectivity index (χ3v) is 4.14. The molecule has 0 fully saturated rings. The second-order valence-electron chi connectivity index (χ2n) is 3.96. The van der Waals surface area contributed by atoms with E-state index >= 15 is 0 Å². The van der Waals surface area contributed by atoms with Gasteiger partial charge in [-0.25, -0.2) is 0 Å². The normalized spacial score (nSPS) is 13.0. The van der Waals surface area contributed by atoms with E-state index in [1.807, 2.05) is 7.05 Å². The first-order chi connectivity index (χ1) is 7.49. The van der Waals surface area contributed by atoms with Gasteiger partial charge >= 0.3 is 5.97 Å². The maximum Gasteiger partial charge on any atom is 0.303 e. The number of carboxylic acids is 1. The molecule has 0 aliphatic heterocycles. The van der Waals surface area contributed by atoms with Crippen molar-refractivity contribution >= 4 is 33.2 Å². The standard InChI is InChI=1S/C11H16BrNO2S/c1-8(3-4-11(14)15)13(2)6-9-5-10(12)16-7-9/h5,7-8H,3-4,6H2,1-2H3,(H,14,15). The van der Waals surface area contributed by atoms with Crippen molar-refractivity contribution in [2.75, 3.05) is 7.05 Å². The first-order valence-electron chi connectivity index (χ1n) is 5.14. The highest BCUT2D eigenvalue weighted by Crippen LogP contribution is 2.22. The molecular weight excluding hydrogens is 290 g/mol. The third kappa shape index (κ3) is 4.63. The van der Waals surface area contributed by atoms with Gasteiger partial charge in [-0.1, -0.05) is 0 Å². The summed E-state index contributed by atoms with van der Waals surface area (Å²) in [6, 6.07) is 2.39. The second kappa shape index (κ2) is 6.37. The summed E-state index contributed by atoms with van der Waals surface area (Å²) in [4.78, 5) is 12.6. The van der Waals surface area contributed by atoms with Gasteiger partial charge in [0.15, 0.2) is 0 Å². The summed E-state index contributed by atoms with van der Waals surface area (Å²) in [6.07, 6.45) is 0.927. The van der Waals surface area contributed by atoms with Crippen LogP contribution in [0.1, 0.15) is 25.3 Å². The number of hydrogen-bond acceptors (Lipinski definition) is 3. The third-order valence-electron chi connectivity index (χ3n) is 2.58. The molecule has 1 aromatic heterocycles. The molecule has 1 heterocycles. The van der Waals surface area contributed by atoms with Gasteiger partial charge in [-0.15, -0.1) is 11.3 Å². The van der Waals surface area contributed by atoms with Gasteiger partial charge in [0, 0.05) is 19.0 Å². The lowest BCUT2D eigenvalue weighted by Gasteiger charge is -2.23. The zero-order valence-electron chi connectivity index (χ0n) is 9.44. The van der Waals surface area contributed by atoms with Crippen molar-refractivity contribution in [2.45, 2.75) is 32.4 Å². The Labute approximate surface area is 108 Å². The van der Waals surface area contributed by atoms with Gasteiger partial charge < -0.3 is 5.11 Å². The average Bonchev–Trinajstić information content (AvgIpc) is 2.60. The summed E-state index contributed by atoms with van der Waals surface area (Å²) in [5, 5.41) is 10.7. The number of carbonyl (C=O) groups is 1. The Kier molecular flexibility index (Phi) is 5.44. The molecule has 0 aromatic carbocycles. The van der Waals surface area contributed by atoms with E-state index in [4.69, 9.17) is 5.11 Å². The first kappa shape index (κ1) is 13.7. The van der Waals surface area contributed by atoms with E-state index in [1.54, 1.807) is 11.3 Å². The lowest BCUT2D eigenvalue weighted by Crippen LogP contribution is -2.28. The summed E-state index contributed by atoms with van der Waals surface area (Å²) in [5.41, 5.74) is 1.27. The van der Waals surface area contributed by atoms with Crippen LogP contribution in [0.3, 0.4) is 0 Å². The fourth-order valence-electron chi connectivity index (χ4n) is 1.43. The lowest BCUT2D eigenvalue weighted by molar-refractivity contribution is -0.137. The molecule has 0 bridgehead atoms. The smallest absolute Gasteiger partial charge is 0.303 e. The number of halogens is 1. The Hall–Kier alpha value is -0.390. The first-order valence-corrected chi connectivity index (χ1v) is 6.81. The molecule has 0 spiro atoms. The number of aliphatic carboxylic acids is 1. The van der Waals surface area contributed by atoms with Crippen LogP contribution in [0.2, 0.25) is 0 Å². The Balaban J connectivity index is 2.39. The van der Waals surface area contributed by atoms with Gasteiger partial charge in [0.1, 0.15) is 0 Å². The molecule has 90 valence electrons. The van der Waals surface area contributed by atoms with E-state index in [0.29, 0.717) is 6.42 Å². The molecule has 0 aliphatic carbocycles. The molecule has 1 unspecified atom stereocenters. The van der Waals surface area contributed by atoms with E-state index in [-0.39, 0.29) is 12.5 Å². The average molecular weight is 306 g/mol. The fourth-order valence-corrected chi connectivity index (χ4v) is 2.63. The molecule has 1 N–H and O–H groups in total. The lowest BCUT2D eigenvalue weighted by atomic mass is 10.1. The van der Waals surface area contributed by atoms with Gasteiger partial charge in [-0.3, -0.25) is 9.69 Å². The number of carboxylic acid groups (broad SMARTS) is 1. The summed E-state index contributed by atoms with van der Waals surface area (Å²) in [7, 11) is 2.03. The molecule has 0 aliphatic rings. The monoisotopic (exact) mass is 305 g/mol. The topological polar surface area (TPSA) is 40.5 Å². The molecule has 3 nitrogen and oxygen atoms in total. The predicted octanol–water partition coefficient (Wildman–Crippen LogP) is 3.20. The SMILES string of the molecule is CC(CCC(=O)O)N(C)Cc1csc(Br)c1. The molecule has 1 aromatic rings. The number of thiophene rings is 1. The molecule has 0 saturated carbocycles. The minimum absolute atomic E-state index is 0.235.